The van der Waals surface area contributed by atoms with Crippen LogP contribution < -0.4 is 0 Å². The lowest BCUT2D eigenvalue weighted by atomic mass is 9.92. The Bertz CT molecular complexity index is 632. The number of rotatable bonds is 6. The van der Waals surface area contributed by atoms with E-state index >= 15 is 0 Å². The van der Waals surface area contributed by atoms with E-state index in [2.05, 4.69) is 64.6 Å². The molecule has 0 saturated carbocycles. The largest absolute Gasteiger partial charge is 0.0950 e. The topological polar surface area (TPSA) is 0 Å². The molecule has 0 saturated heterocycles. The third kappa shape index (κ3) is 3.75. The highest BCUT2D eigenvalue weighted by Crippen LogP contribution is 2.28. The second-order valence-corrected chi connectivity index (χ2v) is 6.50. The van der Waals surface area contributed by atoms with E-state index in [1.165, 1.54) is 58.7 Å². The molecule has 0 aliphatic carbocycles. The number of allylic oxidation sites excluding steroid dienone is 1. The third-order valence-electron chi connectivity index (χ3n) is 4.30. The van der Waals surface area contributed by atoms with Crippen molar-refractivity contribution >= 4 is 16.3 Å². The standard InChI is InChI=1S/C21H28/c1-6-7-8-9-19-12-16(4)13-20-14-18(10-11-21(19)20)17(5)15(2)3/h10-15H,5-9H2,1-4H3. The molecule has 0 spiro atoms. The van der Waals surface area contributed by atoms with Gasteiger partial charge in [-0.25, -0.2) is 0 Å². The van der Waals surface area contributed by atoms with Gasteiger partial charge < -0.3 is 0 Å². The molecule has 0 heterocycles. The highest BCUT2D eigenvalue weighted by molar-refractivity contribution is 5.89. The van der Waals surface area contributed by atoms with Gasteiger partial charge in [-0.05, 0) is 59.2 Å². The first kappa shape index (κ1) is 15.8. The van der Waals surface area contributed by atoms with Gasteiger partial charge in [0.15, 0.2) is 0 Å². The quantitative estimate of drug-likeness (QED) is 0.526. The molecule has 21 heavy (non-hydrogen) atoms. The zero-order valence-electron chi connectivity index (χ0n) is 14.0. The van der Waals surface area contributed by atoms with Crippen LogP contribution in [0, 0.1) is 12.8 Å². The minimum atomic E-state index is 0.497. The van der Waals surface area contributed by atoms with Crippen LogP contribution in [0.4, 0.5) is 0 Å². The number of unbranched alkanes of at least 4 members (excludes halogenated alkanes) is 2. The van der Waals surface area contributed by atoms with Crippen LogP contribution in [0.15, 0.2) is 36.9 Å². The van der Waals surface area contributed by atoms with Gasteiger partial charge >= 0.3 is 0 Å². The predicted molar refractivity (Wildman–Crippen MR) is 95.8 cm³/mol. The molecule has 0 aromatic heterocycles. The van der Waals surface area contributed by atoms with Crippen LogP contribution in [0.3, 0.4) is 0 Å². The minimum Gasteiger partial charge on any atom is -0.0950 e. The Hall–Kier alpha value is -1.56. The molecule has 0 aliphatic rings. The van der Waals surface area contributed by atoms with Crippen molar-refractivity contribution in [2.24, 2.45) is 5.92 Å². The molecule has 0 unspecified atom stereocenters. The summed E-state index contributed by atoms with van der Waals surface area (Å²) in [4.78, 5) is 0. The summed E-state index contributed by atoms with van der Waals surface area (Å²) in [6, 6.07) is 11.5. The van der Waals surface area contributed by atoms with E-state index in [9.17, 15) is 0 Å². The summed E-state index contributed by atoms with van der Waals surface area (Å²) in [6.45, 7) is 13.1. The molecule has 2 aromatic carbocycles. The van der Waals surface area contributed by atoms with Crippen LogP contribution in [-0.2, 0) is 6.42 Å². The highest BCUT2D eigenvalue weighted by Gasteiger charge is 2.07. The molecule has 0 fully saturated rings. The van der Waals surface area contributed by atoms with Crippen molar-refractivity contribution < 1.29 is 0 Å². The van der Waals surface area contributed by atoms with Crippen LogP contribution in [0.25, 0.3) is 16.3 Å². The number of benzene rings is 2. The van der Waals surface area contributed by atoms with Gasteiger partial charge in [-0.2, -0.15) is 0 Å². The Kier molecular flexibility index (Phi) is 5.22. The Balaban J connectivity index is 2.41. The number of fused-ring (bicyclic) bond motifs is 1. The molecule has 0 amide bonds. The molecule has 0 aliphatic heterocycles. The number of aryl methyl sites for hydroxylation is 2. The minimum absolute atomic E-state index is 0.497. The summed E-state index contributed by atoms with van der Waals surface area (Å²) in [5.41, 5.74) is 5.37. The number of hydrogen-bond donors (Lipinski definition) is 0. The van der Waals surface area contributed by atoms with Crippen LogP contribution in [0.1, 0.15) is 56.7 Å². The van der Waals surface area contributed by atoms with Crippen molar-refractivity contribution in [3.05, 3.63) is 53.6 Å². The van der Waals surface area contributed by atoms with E-state index in [0.29, 0.717) is 5.92 Å². The lowest BCUT2D eigenvalue weighted by Crippen LogP contribution is -1.94. The van der Waals surface area contributed by atoms with Crippen molar-refractivity contribution in [3.8, 4) is 0 Å². The molecule has 0 N–H and O–H groups in total. The summed E-state index contributed by atoms with van der Waals surface area (Å²) >= 11 is 0. The third-order valence-corrected chi connectivity index (χ3v) is 4.30. The van der Waals surface area contributed by atoms with Crippen molar-refractivity contribution in [1.82, 2.24) is 0 Å². The molecule has 0 bridgehead atoms. The molecule has 112 valence electrons. The highest BCUT2D eigenvalue weighted by atomic mass is 14.1. The van der Waals surface area contributed by atoms with E-state index < -0.39 is 0 Å². The van der Waals surface area contributed by atoms with Crippen LogP contribution in [0.2, 0.25) is 0 Å². The van der Waals surface area contributed by atoms with Crippen molar-refractivity contribution in [3.63, 3.8) is 0 Å². The van der Waals surface area contributed by atoms with Crippen molar-refractivity contribution in [1.29, 1.82) is 0 Å². The lowest BCUT2D eigenvalue weighted by molar-refractivity contribution is 0.719. The first-order chi connectivity index (χ1) is 10.0. The van der Waals surface area contributed by atoms with Gasteiger partial charge in [-0.1, -0.05) is 70.0 Å². The molecule has 2 rings (SSSR count). The van der Waals surface area contributed by atoms with Gasteiger partial charge in [-0.15, -0.1) is 0 Å². The van der Waals surface area contributed by atoms with Crippen molar-refractivity contribution in [2.75, 3.05) is 0 Å². The molecule has 2 aromatic rings. The maximum absolute atomic E-state index is 4.24. The van der Waals surface area contributed by atoms with Crippen LogP contribution in [-0.4, -0.2) is 0 Å². The van der Waals surface area contributed by atoms with Gasteiger partial charge in [0.25, 0.3) is 0 Å². The fourth-order valence-electron chi connectivity index (χ4n) is 2.92. The molecule has 0 radical (unpaired) electrons. The molecule has 0 heteroatoms. The Morgan fingerprint density at radius 2 is 1.86 bits per heavy atom. The Morgan fingerprint density at radius 1 is 1.10 bits per heavy atom. The molecule has 0 atom stereocenters. The molecular weight excluding hydrogens is 252 g/mol. The van der Waals surface area contributed by atoms with Gasteiger partial charge in [0.1, 0.15) is 0 Å². The Labute approximate surface area is 129 Å². The summed E-state index contributed by atoms with van der Waals surface area (Å²) in [7, 11) is 0. The molecular formula is C21H28. The van der Waals surface area contributed by atoms with E-state index in [4.69, 9.17) is 0 Å². The van der Waals surface area contributed by atoms with Crippen LogP contribution in [0.5, 0.6) is 0 Å². The molecule has 0 nitrogen and oxygen atoms in total. The van der Waals surface area contributed by atoms with Gasteiger partial charge in [0, 0.05) is 0 Å². The van der Waals surface area contributed by atoms with Crippen LogP contribution >= 0.6 is 0 Å². The fourth-order valence-corrected chi connectivity index (χ4v) is 2.92. The van der Waals surface area contributed by atoms with E-state index in [0.717, 1.165) is 0 Å². The summed E-state index contributed by atoms with van der Waals surface area (Å²) in [5, 5.41) is 2.78. The predicted octanol–water partition coefficient (Wildman–Crippen LogP) is 6.55. The normalized spacial score (nSPS) is 11.3. The first-order valence-corrected chi connectivity index (χ1v) is 8.25. The second-order valence-electron chi connectivity index (χ2n) is 6.50. The average molecular weight is 280 g/mol. The SMILES string of the molecule is C=C(c1ccc2c(CCCCC)cc(C)cc2c1)C(C)C. The van der Waals surface area contributed by atoms with Gasteiger partial charge in [0.05, 0.1) is 0 Å². The van der Waals surface area contributed by atoms with E-state index in [-0.39, 0.29) is 0 Å². The van der Waals surface area contributed by atoms with Crippen molar-refractivity contribution in [2.45, 2.75) is 53.4 Å². The number of hydrogen-bond acceptors (Lipinski definition) is 0. The summed E-state index contributed by atoms with van der Waals surface area (Å²) in [6.07, 6.45) is 5.08. The van der Waals surface area contributed by atoms with E-state index in [1.54, 1.807) is 0 Å². The average Bonchev–Trinajstić information content (AvgIpc) is 2.45. The smallest absolute Gasteiger partial charge is 0.0151 e. The maximum atomic E-state index is 4.24. The van der Waals surface area contributed by atoms with E-state index in [1.807, 2.05) is 0 Å². The Morgan fingerprint density at radius 3 is 2.52 bits per heavy atom. The zero-order chi connectivity index (χ0) is 15.4. The van der Waals surface area contributed by atoms with Gasteiger partial charge in [0.2, 0.25) is 0 Å². The summed E-state index contributed by atoms with van der Waals surface area (Å²) < 4.78 is 0. The van der Waals surface area contributed by atoms with Gasteiger partial charge in [-0.3, -0.25) is 0 Å². The monoisotopic (exact) mass is 280 g/mol. The first-order valence-electron chi connectivity index (χ1n) is 8.25. The zero-order valence-corrected chi connectivity index (χ0v) is 14.0. The summed E-state index contributed by atoms with van der Waals surface area (Å²) in [5.74, 6) is 0.497. The fraction of sp³-hybridized carbons (Fsp3) is 0.429. The lowest BCUT2D eigenvalue weighted by Gasteiger charge is -2.13. The second kappa shape index (κ2) is 6.93. The maximum Gasteiger partial charge on any atom is -0.0151 e.